The smallest absolute Gasteiger partial charge is 0.298 e. The molecule has 3 radical (unpaired) electrons. The van der Waals surface area contributed by atoms with Gasteiger partial charge in [-0.15, -0.1) is 10.2 Å². The number of fused-ring (bicyclic) bond motifs is 2. The molecule has 4 aromatic carbocycles. The topological polar surface area (TPSA) is 208 Å². The molecule has 0 aromatic heterocycles. The number of phenolic OH excluding ortho intramolecular Hbond substituents is 1. The van der Waals surface area contributed by atoms with Crippen molar-refractivity contribution in [2.24, 2.45) is 10.2 Å². The van der Waals surface area contributed by atoms with Crippen molar-refractivity contribution in [3.63, 3.8) is 0 Å². The van der Waals surface area contributed by atoms with Crippen LogP contribution >= 0.6 is 0 Å². The van der Waals surface area contributed by atoms with Gasteiger partial charge < -0.3 is 5.11 Å². The number of nitrogens with zero attached hydrogens (tertiary/aromatic N) is 2. The van der Waals surface area contributed by atoms with E-state index in [2.05, 4.69) is 10.2 Å². The van der Waals surface area contributed by atoms with Crippen LogP contribution in [0.5, 0.6) is 5.75 Å². The fourth-order valence-corrected chi connectivity index (χ4v) is 5.29. The first kappa shape index (κ1) is 35.6. The van der Waals surface area contributed by atoms with Crippen LogP contribution in [0.4, 0.5) is 11.4 Å². The molecule has 12 nitrogen and oxygen atoms in total. The van der Waals surface area contributed by atoms with Crippen LogP contribution in [-0.4, -0.2) is 133 Å². The Hall–Kier alpha value is -0.470. The normalized spacial score (nSPS) is 12.1. The average molecular weight is 608 g/mol. The van der Waals surface area contributed by atoms with E-state index in [0.29, 0.717) is 0 Å². The van der Waals surface area contributed by atoms with Crippen molar-refractivity contribution >= 4 is 152 Å². The number of aromatic hydroxyl groups is 1. The quantitative estimate of drug-likeness (QED) is 0.148. The molecule has 0 heterocycles. The van der Waals surface area contributed by atoms with Gasteiger partial charge in [-0.3, -0.25) is 13.7 Å². The molecule has 0 atom stereocenters. The van der Waals surface area contributed by atoms with Crippen LogP contribution in [0.15, 0.2) is 85.6 Å². The van der Waals surface area contributed by atoms with Gasteiger partial charge in [0.15, 0.2) is 5.75 Å². The first-order valence-corrected chi connectivity index (χ1v) is 13.7. The number of phenols is 1. The minimum Gasteiger partial charge on any atom is -0.504 e. The van der Waals surface area contributed by atoms with Gasteiger partial charge in [-0.25, -0.2) is 0 Å². The SMILES string of the molecule is O=S(=O)(O)c1ccc2c(N=Nc3ccc(S(=O)(=O)O)c4ccccc34)c(O)c(S(=O)(=O)O)cc2c1.[Na].[Na].[Na]. The van der Waals surface area contributed by atoms with E-state index < -0.39 is 51.6 Å². The number of hydrogen-bond donors (Lipinski definition) is 4. The Bertz CT molecular complexity index is 1900. The molecular weight excluding hydrogens is 593 g/mol. The molecule has 0 aliphatic carbocycles. The predicted molar refractivity (Wildman–Crippen MR) is 140 cm³/mol. The van der Waals surface area contributed by atoms with Gasteiger partial charge in [0.2, 0.25) is 0 Å². The second-order valence-corrected chi connectivity index (χ2v) is 11.4. The average Bonchev–Trinajstić information content (AvgIpc) is 2.75. The molecule has 4 N–H and O–H groups in total. The fraction of sp³-hybridized carbons (Fsp3) is 0. The molecule has 0 aliphatic rings. The van der Waals surface area contributed by atoms with Crippen LogP contribution in [-0.2, 0) is 30.4 Å². The maximum atomic E-state index is 11.8. The predicted octanol–water partition coefficient (Wildman–Crippen LogP) is 2.71. The Balaban J connectivity index is 0.00000241. The van der Waals surface area contributed by atoms with Crippen LogP contribution in [0.3, 0.4) is 0 Å². The number of benzene rings is 4. The summed E-state index contributed by atoms with van der Waals surface area (Å²) in [6.45, 7) is 0. The molecule has 0 amide bonds. The zero-order chi connectivity index (χ0) is 25.8. The van der Waals surface area contributed by atoms with E-state index in [1.165, 1.54) is 24.3 Å². The number of hydrogen-bond acceptors (Lipinski definition) is 9. The molecule has 0 saturated heterocycles. The van der Waals surface area contributed by atoms with E-state index in [1.807, 2.05) is 0 Å². The molecule has 0 aliphatic heterocycles. The maximum absolute atomic E-state index is 11.8. The van der Waals surface area contributed by atoms with E-state index in [0.717, 1.165) is 30.3 Å². The summed E-state index contributed by atoms with van der Waals surface area (Å²) >= 11 is 0. The van der Waals surface area contributed by atoms with Crippen LogP contribution < -0.4 is 0 Å². The number of rotatable bonds is 5. The molecule has 4 rings (SSSR count). The van der Waals surface area contributed by atoms with Crippen LogP contribution in [0, 0.1) is 0 Å². The van der Waals surface area contributed by atoms with Crippen molar-refractivity contribution in [3.8, 4) is 5.75 Å². The van der Waals surface area contributed by atoms with E-state index >= 15 is 0 Å². The third kappa shape index (κ3) is 7.43. The Kier molecular flexibility index (Phi) is 12.2. The summed E-state index contributed by atoms with van der Waals surface area (Å²) in [5, 5.41) is 18.6. The van der Waals surface area contributed by atoms with E-state index in [1.54, 1.807) is 6.07 Å². The van der Waals surface area contributed by atoms with E-state index in [-0.39, 0.29) is 121 Å². The molecule has 18 heteroatoms. The Morgan fingerprint density at radius 2 is 1.16 bits per heavy atom. The second kappa shape index (κ2) is 13.0. The summed E-state index contributed by atoms with van der Waals surface area (Å²) in [5.41, 5.74) is -0.382. The monoisotopic (exact) mass is 607 g/mol. The minimum atomic E-state index is -4.99. The number of azo groups is 1. The molecular formula is C20H14N2Na3O10S3. The van der Waals surface area contributed by atoms with Crippen LogP contribution in [0.1, 0.15) is 0 Å². The van der Waals surface area contributed by atoms with Crippen molar-refractivity contribution in [3.05, 3.63) is 60.7 Å². The Labute approximate surface area is 283 Å². The molecule has 0 unspecified atom stereocenters. The van der Waals surface area contributed by atoms with E-state index in [4.69, 9.17) is 0 Å². The maximum Gasteiger partial charge on any atom is 0.298 e. The van der Waals surface area contributed by atoms with E-state index in [9.17, 15) is 44.0 Å². The summed E-state index contributed by atoms with van der Waals surface area (Å²) in [6.07, 6.45) is 0. The van der Waals surface area contributed by atoms with Crippen LogP contribution in [0.25, 0.3) is 21.5 Å². The molecule has 0 bridgehead atoms. The molecule has 0 spiro atoms. The van der Waals surface area contributed by atoms with Gasteiger partial charge in [-0.05, 0) is 35.7 Å². The van der Waals surface area contributed by atoms with Crippen molar-refractivity contribution in [1.82, 2.24) is 0 Å². The first-order valence-electron chi connectivity index (χ1n) is 9.33. The summed E-state index contributed by atoms with van der Waals surface area (Å²) in [7, 11) is -14.2. The third-order valence-corrected chi connectivity index (χ3v) is 7.62. The van der Waals surface area contributed by atoms with Crippen molar-refractivity contribution < 1.29 is 44.0 Å². The van der Waals surface area contributed by atoms with Crippen LogP contribution in [0.2, 0.25) is 0 Å². The second-order valence-electron chi connectivity index (χ2n) is 7.21. The molecule has 38 heavy (non-hydrogen) atoms. The van der Waals surface area contributed by atoms with Gasteiger partial charge in [-0.1, -0.05) is 30.3 Å². The van der Waals surface area contributed by atoms with Gasteiger partial charge in [0.1, 0.15) is 15.5 Å². The van der Waals surface area contributed by atoms with Gasteiger partial charge in [0, 0.05) is 105 Å². The van der Waals surface area contributed by atoms with Gasteiger partial charge in [0.05, 0.1) is 10.6 Å². The largest absolute Gasteiger partial charge is 0.504 e. The summed E-state index contributed by atoms with van der Waals surface area (Å²) < 4.78 is 98.2. The minimum absolute atomic E-state index is 0. The first-order chi connectivity index (χ1) is 16.2. The summed E-state index contributed by atoms with van der Waals surface area (Å²) in [6, 6.07) is 12.1. The molecule has 0 fully saturated rings. The zero-order valence-corrected chi connectivity index (χ0v) is 28.6. The Morgan fingerprint density at radius 3 is 1.71 bits per heavy atom. The molecule has 0 saturated carbocycles. The fourth-order valence-electron chi connectivity index (χ4n) is 3.46. The van der Waals surface area contributed by atoms with Crippen molar-refractivity contribution in [2.45, 2.75) is 14.7 Å². The van der Waals surface area contributed by atoms with Crippen molar-refractivity contribution in [2.75, 3.05) is 0 Å². The van der Waals surface area contributed by atoms with Gasteiger partial charge in [0.25, 0.3) is 30.4 Å². The Morgan fingerprint density at radius 1 is 0.579 bits per heavy atom. The zero-order valence-electron chi connectivity index (χ0n) is 20.1. The third-order valence-electron chi connectivity index (χ3n) is 4.99. The van der Waals surface area contributed by atoms with Gasteiger partial charge in [-0.2, -0.15) is 25.3 Å². The summed E-state index contributed by atoms with van der Waals surface area (Å²) in [5.74, 6) is -0.984. The standard InChI is InChI=1S/C20H14N2O10S3.3Na/c23-20-18(35(30,31)32)10-11-9-12(33(24,25)26)5-6-13(11)19(20)22-21-16-7-8-17(34(27,28)29)15-4-2-1-3-14(15)16;;;/h1-10,23H,(H,24,25,26)(H,27,28,29)(H,30,31,32);;;. The summed E-state index contributed by atoms with van der Waals surface area (Å²) in [4.78, 5) is -1.95. The van der Waals surface area contributed by atoms with Gasteiger partial charge >= 0.3 is 0 Å². The molecule has 4 aromatic rings. The van der Waals surface area contributed by atoms with Crippen molar-refractivity contribution in [1.29, 1.82) is 0 Å². The molecule has 185 valence electrons.